The number of rotatable bonds is 3. The van der Waals surface area contributed by atoms with Crippen LogP contribution in [-0.2, 0) is 0 Å². The van der Waals surface area contributed by atoms with Crippen LogP contribution in [0.2, 0.25) is 0 Å². The molecule has 116 valence electrons. The summed E-state index contributed by atoms with van der Waals surface area (Å²) >= 11 is 0. The first-order chi connectivity index (χ1) is 11.3. The van der Waals surface area contributed by atoms with Crippen LogP contribution in [0.15, 0.2) is 48.5 Å². The van der Waals surface area contributed by atoms with Crippen LogP contribution in [0.3, 0.4) is 0 Å². The van der Waals surface area contributed by atoms with Crippen molar-refractivity contribution in [3.05, 3.63) is 65.5 Å². The number of hydrogen-bond donors (Lipinski definition) is 0. The van der Waals surface area contributed by atoms with Crippen molar-refractivity contribution < 1.29 is 4.39 Å². The lowest BCUT2D eigenvalue weighted by Crippen LogP contribution is -2.29. The zero-order valence-corrected chi connectivity index (χ0v) is 13.0. The third kappa shape index (κ3) is 3.78. The van der Waals surface area contributed by atoms with Crippen molar-refractivity contribution in [2.45, 2.75) is 19.3 Å². The van der Waals surface area contributed by atoms with Crippen LogP contribution in [0.5, 0.6) is 0 Å². The first-order valence-electron chi connectivity index (χ1n) is 7.99. The maximum atomic E-state index is 13.0. The minimum Gasteiger partial charge on any atom is -0.372 e. The standard InChI is InChI=1S/C20H19FN2/c21-19-8-6-17(7-9-19)18(15-22)14-16-4-10-20(11-5-16)23-12-2-1-3-13-23/h4-11,14H,1-3,12-13H2/b18-14-. The van der Waals surface area contributed by atoms with E-state index in [4.69, 9.17) is 0 Å². The van der Waals surface area contributed by atoms with Gasteiger partial charge in [0.1, 0.15) is 5.82 Å². The van der Waals surface area contributed by atoms with Gasteiger partial charge in [0.15, 0.2) is 0 Å². The molecule has 3 rings (SSSR count). The lowest BCUT2D eigenvalue weighted by atomic mass is 10.0. The van der Waals surface area contributed by atoms with Gasteiger partial charge in [0, 0.05) is 18.8 Å². The molecule has 0 atom stereocenters. The highest BCUT2D eigenvalue weighted by atomic mass is 19.1. The van der Waals surface area contributed by atoms with E-state index in [1.807, 2.05) is 18.2 Å². The lowest BCUT2D eigenvalue weighted by Gasteiger charge is -2.28. The molecule has 1 aliphatic heterocycles. The molecule has 1 fully saturated rings. The van der Waals surface area contributed by atoms with E-state index in [2.05, 4.69) is 23.1 Å². The van der Waals surface area contributed by atoms with Crippen molar-refractivity contribution in [2.24, 2.45) is 0 Å². The average Bonchev–Trinajstić information content (AvgIpc) is 2.62. The summed E-state index contributed by atoms with van der Waals surface area (Å²) in [6, 6.07) is 16.5. The molecular formula is C20H19FN2. The molecule has 1 heterocycles. The summed E-state index contributed by atoms with van der Waals surface area (Å²) in [5, 5.41) is 9.35. The molecule has 0 spiro atoms. The lowest BCUT2D eigenvalue weighted by molar-refractivity contribution is 0.578. The van der Waals surface area contributed by atoms with Crippen molar-refractivity contribution >= 4 is 17.3 Å². The molecule has 3 heteroatoms. The molecule has 2 aromatic rings. The van der Waals surface area contributed by atoms with Crippen LogP contribution in [-0.4, -0.2) is 13.1 Å². The fourth-order valence-electron chi connectivity index (χ4n) is 2.91. The summed E-state index contributed by atoms with van der Waals surface area (Å²) in [7, 11) is 0. The molecule has 0 unspecified atom stereocenters. The van der Waals surface area contributed by atoms with Gasteiger partial charge in [-0.25, -0.2) is 4.39 Å². The van der Waals surface area contributed by atoms with Gasteiger partial charge in [-0.05, 0) is 60.7 Å². The number of hydrogen-bond acceptors (Lipinski definition) is 2. The molecule has 1 aliphatic rings. The maximum absolute atomic E-state index is 13.0. The SMILES string of the molecule is N#C/C(=C/c1ccc(N2CCCCC2)cc1)c1ccc(F)cc1. The molecule has 23 heavy (non-hydrogen) atoms. The van der Waals surface area contributed by atoms with Gasteiger partial charge in [-0.15, -0.1) is 0 Å². The molecule has 2 aromatic carbocycles. The van der Waals surface area contributed by atoms with Gasteiger partial charge in [-0.1, -0.05) is 24.3 Å². The molecular weight excluding hydrogens is 287 g/mol. The normalized spacial score (nSPS) is 15.3. The number of nitrogens with zero attached hydrogens (tertiary/aromatic N) is 2. The predicted octanol–water partition coefficient (Wildman–Crippen LogP) is 4.88. The minimum atomic E-state index is -0.295. The molecule has 1 saturated heterocycles. The van der Waals surface area contributed by atoms with E-state index in [0.717, 1.165) is 24.2 Å². The number of halogens is 1. The van der Waals surface area contributed by atoms with Crippen molar-refractivity contribution in [1.29, 1.82) is 5.26 Å². The molecule has 0 bridgehead atoms. The Morgan fingerprint density at radius 2 is 1.61 bits per heavy atom. The van der Waals surface area contributed by atoms with Gasteiger partial charge in [0.2, 0.25) is 0 Å². The highest BCUT2D eigenvalue weighted by Gasteiger charge is 2.10. The number of benzene rings is 2. The van der Waals surface area contributed by atoms with E-state index in [0.29, 0.717) is 5.57 Å². The Balaban J connectivity index is 1.80. The van der Waals surface area contributed by atoms with E-state index in [1.165, 1.54) is 37.1 Å². The Bertz CT molecular complexity index is 718. The quantitative estimate of drug-likeness (QED) is 0.597. The molecule has 2 nitrogen and oxygen atoms in total. The molecule has 0 saturated carbocycles. The Hall–Kier alpha value is -2.60. The van der Waals surface area contributed by atoms with Gasteiger partial charge in [0.05, 0.1) is 11.6 Å². The zero-order chi connectivity index (χ0) is 16.1. The van der Waals surface area contributed by atoms with Crippen molar-refractivity contribution in [1.82, 2.24) is 0 Å². The summed E-state index contributed by atoms with van der Waals surface area (Å²) in [4.78, 5) is 2.40. The maximum Gasteiger partial charge on any atom is 0.123 e. The Kier molecular flexibility index (Phi) is 4.73. The van der Waals surface area contributed by atoms with E-state index < -0.39 is 0 Å². The predicted molar refractivity (Wildman–Crippen MR) is 92.4 cm³/mol. The van der Waals surface area contributed by atoms with E-state index >= 15 is 0 Å². The number of anilines is 1. The highest BCUT2D eigenvalue weighted by molar-refractivity contribution is 5.89. The van der Waals surface area contributed by atoms with Crippen molar-refractivity contribution in [3.8, 4) is 6.07 Å². The van der Waals surface area contributed by atoms with E-state index in [9.17, 15) is 9.65 Å². The summed E-state index contributed by atoms with van der Waals surface area (Å²) in [6.07, 6.45) is 5.67. The Morgan fingerprint density at radius 1 is 0.957 bits per heavy atom. The second kappa shape index (κ2) is 7.11. The van der Waals surface area contributed by atoms with Crippen LogP contribution in [0, 0.1) is 17.1 Å². The zero-order valence-electron chi connectivity index (χ0n) is 13.0. The van der Waals surface area contributed by atoms with Gasteiger partial charge >= 0.3 is 0 Å². The summed E-state index contributed by atoms with van der Waals surface area (Å²) in [6.45, 7) is 2.24. The highest BCUT2D eigenvalue weighted by Crippen LogP contribution is 2.23. The smallest absolute Gasteiger partial charge is 0.123 e. The number of nitriles is 1. The summed E-state index contributed by atoms with van der Waals surface area (Å²) < 4.78 is 13.0. The van der Waals surface area contributed by atoms with Crippen molar-refractivity contribution in [3.63, 3.8) is 0 Å². The largest absolute Gasteiger partial charge is 0.372 e. The van der Waals surface area contributed by atoms with Gasteiger partial charge in [-0.2, -0.15) is 5.26 Å². The van der Waals surface area contributed by atoms with E-state index in [1.54, 1.807) is 12.1 Å². The Morgan fingerprint density at radius 3 is 2.22 bits per heavy atom. The fourth-order valence-corrected chi connectivity index (χ4v) is 2.91. The third-order valence-corrected chi connectivity index (χ3v) is 4.20. The fraction of sp³-hybridized carbons (Fsp3) is 0.250. The van der Waals surface area contributed by atoms with Crippen LogP contribution >= 0.6 is 0 Å². The van der Waals surface area contributed by atoms with Gasteiger partial charge in [0.25, 0.3) is 0 Å². The third-order valence-electron chi connectivity index (χ3n) is 4.20. The van der Waals surface area contributed by atoms with Crippen LogP contribution in [0.4, 0.5) is 10.1 Å². The van der Waals surface area contributed by atoms with Crippen LogP contribution < -0.4 is 4.90 Å². The van der Waals surface area contributed by atoms with Crippen molar-refractivity contribution in [2.75, 3.05) is 18.0 Å². The second-order valence-electron chi connectivity index (χ2n) is 5.82. The Labute approximate surface area is 136 Å². The first-order valence-corrected chi connectivity index (χ1v) is 7.99. The number of allylic oxidation sites excluding steroid dienone is 1. The summed E-state index contributed by atoms with van der Waals surface area (Å²) in [5.41, 5.74) is 3.48. The van der Waals surface area contributed by atoms with Crippen LogP contribution in [0.25, 0.3) is 11.6 Å². The monoisotopic (exact) mass is 306 g/mol. The minimum absolute atomic E-state index is 0.295. The molecule has 0 radical (unpaired) electrons. The van der Waals surface area contributed by atoms with Gasteiger partial charge < -0.3 is 4.90 Å². The second-order valence-corrected chi connectivity index (χ2v) is 5.82. The summed E-state index contributed by atoms with van der Waals surface area (Å²) in [5.74, 6) is -0.295. The molecule has 0 amide bonds. The number of piperidine rings is 1. The first kappa shape index (κ1) is 15.3. The van der Waals surface area contributed by atoms with Crippen LogP contribution in [0.1, 0.15) is 30.4 Å². The average molecular weight is 306 g/mol. The molecule has 0 aliphatic carbocycles. The molecule has 0 aromatic heterocycles. The topological polar surface area (TPSA) is 27.0 Å². The van der Waals surface area contributed by atoms with E-state index in [-0.39, 0.29) is 5.82 Å². The van der Waals surface area contributed by atoms with Gasteiger partial charge in [-0.3, -0.25) is 0 Å². The molecule has 0 N–H and O–H groups in total.